The van der Waals surface area contributed by atoms with Gasteiger partial charge in [0, 0.05) is 20.3 Å². The zero-order valence-electron chi connectivity index (χ0n) is 10.3. The first kappa shape index (κ1) is 10.8. The van der Waals surface area contributed by atoms with Crippen LogP contribution in [0.1, 0.15) is 12.8 Å². The van der Waals surface area contributed by atoms with Gasteiger partial charge in [0.25, 0.3) is 0 Å². The van der Waals surface area contributed by atoms with Crippen molar-refractivity contribution in [3.63, 3.8) is 0 Å². The number of hydrogen-bond acceptors (Lipinski definition) is 5. The first-order valence-corrected chi connectivity index (χ1v) is 6.06. The number of nitrogens with zero attached hydrogens (tertiary/aromatic N) is 4. The number of anilines is 2. The average Bonchev–Trinajstić information content (AvgIpc) is 3.09. The summed E-state index contributed by atoms with van der Waals surface area (Å²) in [5, 5.41) is 10.3. The van der Waals surface area contributed by atoms with Gasteiger partial charge in [-0.3, -0.25) is 0 Å². The Kier molecular flexibility index (Phi) is 2.26. The first-order chi connectivity index (χ1) is 8.08. The van der Waals surface area contributed by atoms with E-state index in [2.05, 4.69) is 14.9 Å². The van der Waals surface area contributed by atoms with Gasteiger partial charge < -0.3 is 14.9 Å². The molecule has 1 aliphatic carbocycles. The monoisotopic (exact) mass is 234 g/mol. The van der Waals surface area contributed by atoms with Gasteiger partial charge in [-0.2, -0.15) is 4.98 Å². The molecule has 92 valence electrons. The molecule has 0 spiro atoms. The zero-order chi connectivity index (χ0) is 12.0. The lowest BCUT2D eigenvalue weighted by atomic mass is 9.89. The van der Waals surface area contributed by atoms with Crippen molar-refractivity contribution in [2.75, 3.05) is 37.0 Å². The molecule has 0 aromatic carbocycles. The van der Waals surface area contributed by atoms with E-state index in [0.717, 1.165) is 5.82 Å². The third-order valence-corrected chi connectivity index (χ3v) is 3.62. The van der Waals surface area contributed by atoms with E-state index >= 15 is 0 Å². The minimum Gasteiger partial charge on any atom is -0.386 e. The van der Waals surface area contributed by atoms with Crippen molar-refractivity contribution in [1.29, 1.82) is 0 Å². The maximum atomic E-state index is 10.3. The number of β-amino-alcohol motifs (C(OH)–C–C–N with tert-alkyl or cyclic N) is 1. The molecule has 1 aromatic heterocycles. The second-order valence-electron chi connectivity index (χ2n) is 5.34. The molecule has 3 rings (SSSR count). The van der Waals surface area contributed by atoms with Crippen LogP contribution in [0.3, 0.4) is 0 Å². The van der Waals surface area contributed by atoms with E-state index in [1.807, 2.05) is 25.1 Å². The van der Waals surface area contributed by atoms with Gasteiger partial charge in [0.05, 0.1) is 13.1 Å². The highest BCUT2D eigenvalue weighted by Crippen LogP contribution is 2.45. The van der Waals surface area contributed by atoms with Gasteiger partial charge in [-0.25, -0.2) is 4.98 Å². The first-order valence-electron chi connectivity index (χ1n) is 6.06. The molecule has 5 heteroatoms. The molecule has 0 bridgehead atoms. The molecule has 0 atom stereocenters. The third kappa shape index (κ3) is 1.84. The Labute approximate surface area is 101 Å². The molecule has 0 radical (unpaired) electrons. The summed E-state index contributed by atoms with van der Waals surface area (Å²) in [7, 11) is 3.85. The van der Waals surface area contributed by atoms with E-state index in [1.165, 1.54) is 12.8 Å². The fourth-order valence-electron chi connectivity index (χ4n) is 2.39. The van der Waals surface area contributed by atoms with Crippen molar-refractivity contribution in [2.45, 2.75) is 18.4 Å². The van der Waals surface area contributed by atoms with E-state index in [4.69, 9.17) is 0 Å². The quantitative estimate of drug-likeness (QED) is 0.825. The van der Waals surface area contributed by atoms with Crippen LogP contribution in [0.2, 0.25) is 0 Å². The Bertz CT molecular complexity index is 424. The van der Waals surface area contributed by atoms with Crippen molar-refractivity contribution in [3.8, 4) is 0 Å². The molecule has 2 heterocycles. The predicted molar refractivity (Wildman–Crippen MR) is 66.2 cm³/mol. The van der Waals surface area contributed by atoms with Gasteiger partial charge in [-0.05, 0) is 24.8 Å². The summed E-state index contributed by atoms with van der Waals surface area (Å²) in [6.07, 6.45) is 4.13. The highest BCUT2D eigenvalue weighted by Gasteiger charge is 2.52. The number of rotatable bonds is 3. The van der Waals surface area contributed by atoms with Gasteiger partial charge in [-0.15, -0.1) is 0 Å². The smallest absolute Gasteiger partial charge is 0.226 e. The molecule has 2 fully saturated rings. The highest BCUT2D eigenvalue weighted by atomic mass is 16.3. The Balaban J connectivity index is 1.71. The van der Waals surface area contributed by atoms with E-state index in [9.17, 15) is 5.11 Å². The van der Waals surface area contributed by atoms with Crippen LogP contribution in [0.4, 0.5) is 11.8 Å². The molecule has 1 aromatic rings. The summed E-state index contributed by atoms with van der Waals surface area (Å²) in [4.78, 5) is 12.7. The summed E-state index contributed by atoms with van der Waals surface area (Å²) in [6, 6.07) is 1.90. The van der Waals surface area contributed by atoms with Gasteiger partial charge >= 0.3 is 0 Å². The predicted octanol–water partition coefficient (Wildman–Crippen LogP) is 0.504. The SMILES string of the molecule is CN(C)c1nccc(N2CC(O)(C3CC3)C2)n1. The van der Waals surface area contributed by atoms with Gasteiger partial charge in [0.2, 0.25) is 5.95 Å². The maximum Gasteiger partial charge on any atom is 0.226 e. The molecule has 1 saturated carbocycles. The third-order valence-electron chi connectivity index (χ3n) is 3.62. The fourth-order valence-corrected chi connectivity index (χ4v) is 2.39. The van der Waals surface area contributed by atoms with Crippen molar-refractivity contribution in [2.24, 2.45) is 5.92 Å². The van der Waals surface area contributed by atoms with Crippen molar-refractivity contribution < 1.29 is 5.11 Å². The lowest BCUT2D eigenvalue weighted by molar-refractivity contribution is -0.00974. The molecule has 1 N–H and O–H groups in total. The molecular weight excluding hydrogens is 216 g/mol. The van der Waals surface area contributed by atoms with Crippen molar-refractivity contribution in [1.82, 2.24) is 9.97 Å². The van der Waals surface area contributed by atoms with Crippen molar-refractivity contribution in [3.05, 3.63) is 12.3 Å². The minimum absolute atomic E-state index is 0.455. The van der Waals surface area contributed by atoms with Crippen LogP contribution in [-0.4, -0.2) is 47.9 Å². The van der Waals surface area contributed by atoms with Gasteiger partial charge in [0.1, 0.15) is 11.4 Å². The van der Waals surface area contributed by atoms with E-state index < -0.39 is 5.60 Å². The van der Waals surface area contributed by atoms with Crippen LogP contribution in [0.25, 0.3) is 0 Å². The Morgan fingerprint density at radius 3 is 2.71 bits per heavy atom. The van der Waals surface area contributed by atoms with E-state index in [0.29, 0.717) is 25.0 Å². The Morgan fingerprint density at radius 2 is 2.12 bits per heavy atom. The minimum atomic E-state index is -0.455. The van der Waals surface area contributed by atoms with Crippen LogP contribution >= 0.6 is 0 Å². The number of aliphatic hydroxyl groups is 1. The largest absolute Gasteiger partial charge is 0.386 e. The molecular formula is C12H18N4O. The second-order valence-corrected chi connectivity index (χ2v) is 5.34. The van der Waals surface area contributed by atoms with Crippen LogP contribution in [-0.2, 0) is 0 Å². The molecule has 1 aliphatic heterocycles. The van der Waals surface area contributed by atoms with Gasteiger partial charge in [-0.1, -0.05) is 0 Å². The lowest BCUT2D eigenvalue weighted by Gasteiger charge is -2.47. The normalized spacial score (nSPS) is 22.2. The zero-order valence-corrected chi connectivity index (χ0v) is 10.3. The molecule has 2 aliphatic rings. The molecule has 17 heavy (non-hydrogen) atoms. The van der Waals surface area contributed by atoms with Crippen molar-refractivity contribution >= 4 is 11.8 Å². The van der Waals surface area contributed by atoms with Crippen LogP contribution in [0.15, 0.2) is 12.3 Å². The molecule has 1 saturated heterocycles. The fraction of sp³-hybridized carbons (Fsp3) is 0.667. The molecule has 0 amide bonds. The average molecular weight is 234 g/mol. The lowest BCUT2D eigenvalue weighted by Crippen LogP contribution is -2.63. The second kappa shape index (κ2) is 3.57. The standard InChI is InChI=1S/C12H18N4O/c1-15(2)11-13-6-5-10(14-11)16-7-12(17,8-16)9-3-4-9/h5-6,9,17H,3-4,7-8H2,1-2H3. The van der Waals surface area contributed by atoms with E-state index in [-0.39, 0.29) is 0 Å². The summed E-state index contributed by atoms with van der Waals surface area (Å²) in [6.45, 7) is 1.42. The summed E-state index contributed by atoms with van der Waals surface area (Å²) >= 11 is 0. The van der Waals surface area contributed by atoms with E-state index in [1.54, 1.807) is 6.20 Å². The summed E-state index contributed by atoms with van der Waals surface area (Å²) in [5.74, 6) is 2.15. The Morgan fingerprint density at radius 1 is 1.41 bits per heavy atom. The summed E-state index contributed by atoms with van der Waals surface area (Å²) < 4.78 is 0. The summed E-state index contributed by atoms with van der Waals surface area (Å²) in [5.41, 5.74) is -0.455. The van der Waals surface area contributed by atoms with Crippen LogP contribution in [0, 0.1) is 5.92 Å². The van der Waals surface area contributed by atoms with Crippen LogP contribution < -0.4 is 9.80 Å². The topological polar surface area (TPSA) is 52.5 Å². The van der Waals surface area contributed by atoms with Gasteiger partial charge in [0.15, 0.2) is 0 Å². The Hall–Kier alpha value is -1.36. The molecule has 0 unspecified atom stereocenters. The molecule has 5 nitrogen and oxygen atoms in total. The number of hydrogen-bond donors (Lipinski definition) is 1. The highest BCUT2D eigenvalue weighted by molar-refractivity contribution is 5.47. The number of aromatic nitrogens is 2. The van der Waals surface area contributed by atoms with Crippen LogP contribution in [0.5, 0.6) is 0 Å². The maximum absolute atomic E-state index is 10.3.